The molecule has 0 bridgehead atoms. The van der Waals surface area contributed by atoms with Gasteiger partial charge in [0.2, 0.25) is 0 Å². The minimum atomic E-state index is -4.05. The Hall–Kier alpha value is -3.88. The molecule has 1 N–H and O–H groups in total. The maximum Gasteiger partial charge on any atom is 0.264 e. The lowest BCUT2D eigenvalue weighted by Crippen LogP contribution is -2.40. The van der Waals surface area contributed by atoms with Crippen molar-refractivity contribution in [3.05, 3.63) is 111 Å². The molecule has 1 amide bonds. The van der Waals surface area contributed by atoms with Crippen molar-refractivity contribution in [3.8, 4) is 5.69 Å². The lowest BCUT2D eigenvalue weighted by atomic mass is 10.1. The van der Waals surface area contributed by atoms with Crippen molar-refractivity contribution in [2.45, 2.75) is 39.5 Å². The third-order valence-corrected chi connectivity index (χ3v) is 8.40. The third-order valence-electron chi connectivity index (χ3n) is 6.39. The minimum Gasteiger partial charge on any atom is -0.318 e. The van der Waals surface area contributed by atoms with Gasteiger partial charge < -0.3 is 4.57 Å². The molecule has 0 fully saturated rings. The van der Waals surface area contributed by atoms with Crippen LogP contribution in [-0.2, 0) is 14.8 Å². The lowest BCUT2D eigenvalue weighted by Gasteiger charge is -2.25. The topological polar surface area (TPSA) is 83.8 Å². The second kappa shape index (κ2) is 11.5. The number of hydrogen-bond acceptors (Lipinski definition) is 4. The van der Waals surface area contributed by atoms with Crippen molar-refractivity contribution >= 4 is 39.4 Å². The Kier molecular flexibility index (Phi) is 8.28. The molecule has 0 radical (unpaired) electrons. The number of benzene rings is 3. The molecule has 0 spiro atoms. The molecule has 0 aliphatic carbocycles. The SMILES string of the molecule is Cc1cc(C)cc(-n2c(C)cc(/C=N/NC(=O)CN(c3cc(Cl)ccc3C)S(=O)(=O)c3ccccc3)c2C)c1. The van der Waals surface area contributed by atoms with Gasteiger partial charge in [0.05, 0.1) is 16.8 Å². The molecule has 39 heavy (non-hydrogen) atoms. The normalized spacial score (nSPS) is 11.6. The van der Waals surface area contributed by atoms with Crippen LogP contribution in [0.4, 0.5) is 5.69 Å². The van der Waals surface area contributed by atoms with Crippen LogP contribution in [0, 0.1) is 34.6 Å². The van der Waals surface area contributed by atoms with Gasteiger partial charge in [-0.25, -0.2) is 13.8 Å². The van der Waals surface area contributed by atoms with Crippen LogP contribution in [0.5, 0.6) is 0 Å². The number of aryl methyl sites for hydroxylation is 4. The smallest absolute Gasteiger partial charge is 0.264 e. The van der Waals surface area contributed by atoms with Gasteiger partial charge in [-0.3, -0.25) is 9.10 Å². The fourth-order valence-corrected chi connectivity index (χ4v) is 6.27. The van der Waals surface area contributed by atoms with Crippen molar-refractivity contribution in [2.24, 2.45) is 5.10 Å². The number of anilines is 1. The molecule has 202 valence electrons. The van der Waals surface area contributed by atoms with Crippen molar-refractivity contribution in [1.29, 1.82) is 0 Å². The summed E-state index contributed by atoms with van der Waals surface area (Å²) in [7, 11) is -4.05. The van der Waals surface area contributed by atoms with Gasteiger partial charge in [0, 0.05) is 27.7 Å². The number of hydrogen-bond donors (Lipinski definition) is 1. The molecule has 0 unspecified atom stereocenters. The Morgan fingerprint density at radius 2 is 1.62 bits per heavy atom. The van der Waals surface area contributed by atoms with Crippen molar-refractivity contribution in [2.75, 3.05) is 10.8 Å². The summed E-state index contributed by atoms with van der Waals surface area (Å²) in [4.78, 5) is 13.0. The predicted octanol–water partition coefficient (Wildman–Crippen LogP) is 6.02. The first-order valence-corrected chi connectivity index (χ1v) is 14.2. The van der Waals surface area contributed by atoms with Gasteiger partial charge in [0.25, 0.3) is 15.9 Å². The maximum absolute atomic E-state index is 13.6. The summed E-state index contributed by atoms with van der Waals surface area (Å²) < 4.78 is 30.3. The molecule has 0 aliphatic heterocycles. The van der Waals surface area contributed by atoms with Crippen molar-refractivity contribution < 1.29 is 13.2 Å². The monoisotopic (exact) mass is 562 g/mol. The van der Waals surface area contributed by atoms with E-state index in [1.165, 1.54) is 29.3 Å². The number of sulfonamides is 1. The van der Waals surface area contributed by atoms with Crippen LogP contribution in [-0.4, -0.2) is 31.7 Å². The van der Waals surface area contributed by atoms with E-state index in [4.69, 9.17) is 11.6 Å². The van der Waals surface area contributed by atoms with Crippen LogP contribution in [0.25, 0.3) is 5.69 Å². The van der Waals surface area contributed by atoms with Gasteiger partial charge >= 0.3 is 0 Å². The zero-order valence-corrected chi connectivity index (χ0v) is 24.1. The largest absolute Gasteiger partial charge is 0.318 e. The molecule has 0 saturated carbocycles. The van der Waals surface area contributed by atoms with E-state index in [0.29, 0.717) is 16.3 Å². The summed E-state index contributed by atoms with van der Waals surface area (Å²) in [5.41, 5.74) is 9.71. The molecule has 0 aliphatic rings. The van der Waals surface area contributed by atoms with Gasteiger partial charge in [-0.1, -0.05) is 41.9 Å². The average Bonchev–Trinajstić information content (AvgIpc) is 3.16. The molecule has 9 heteroatoms. The highest BCUT2D eigenvalue weighted by Gasteiger charge is 2.28. The Bertz CT molecular complexity index is 1640. The number of halogens is 1. The molecule has 1 aromatic heterocycles. The second-order valence-electron chi connectivity index (χ2n) is 9.56. The van der Waals surface area contributed by atoms with Crippen LogP contribution in [0.3, 0.4) is 0 Å². The zero-order valence-electron chi connectivity index (χ0n) is 22.6. The van der Waals surface area contributed by atoms with E-state index < -0.39 is 22.5 Å². The Morgan fingerprint density at radius 1 is 0.949 bits per heavy atom. The highest BCUT2D eigenvalue weighted by molar-refractivity contribution is 7.92. The molecular weight excluding hydrogens is 532 g/mol. The number of aromatic nitrogens is 1. The maximum atomic E-state index is 13.6. The first kappa shape index (κ1) is 28.1. The zero-order chi connectivity index (χ0) is 28.3. The molecule has 3 aromatic carbocycles. The molecule has 0 saturated heterocycles. The summed E-state index contributed by atoms with van der Waals surface area (Å²) in [6, 6.07) is 21.3. The molecular formula is C30H31ClN4O3S. The Morgan fingerprint density at radius 3 is 2.28 bits per heavy atom. The van der Waals surface area contributed by atoms with Crippen LogP contribution in [0.1, 0.15) is 33.6 Å². The van der Waals surface area contributed by atoms with Gasteiger partial charge in [-0.2, -0.15) is 5.10 Å². The number of nitrogens with one attached hydrogen (secondary N) is 1. The minimum absolute atomic E-state index is 0.0690. The number of nitrogens with zero attached hydrogens (tertiary/aromatic N) is 3. The van der Waals surface area contributed by atoms with E-state index in [0.717, 1.165) is 26.9 Å². The van der Waals surface area contributed by atoms with Gasteiger partial charge in [0.1, 0.15) is 6.54 Å². The number of carbonyl (C=O) groups excluding carboxylic acids is 1. The van der Waals surface area contributed by atoms with Crippen LogP contribution < -0.4 is 9.73 Å². The number of hydrazone groups is 1. The first-order chi connectivity index (χ1) is 18.5. The standard InChI is InChI=1S/C30H31ClN4O3S/c1-20-13-21(2)15-27(14-20)35-23(4)16-25(24(35)5)18-32-33-30(36)19-34(29-17-26(31)12-11-22(29)3)39(37,38)28-9-7-6-8-10-28/h6-18H,19H2,1-5H3,(H,33,36)/b32-18+. The molecule has 4 aromatic rings. The highest BCUT2D eigenvalue weighted by Crippen LogP contribution is 2.29. The summed E-state index contributed by atoms with van der Waals surface area (Å²) in [6.07, 6.45) is 1.57. The summed E-state index contributed by atoms with van der Waals surface area (Å²) in [6.45, 7) is 9.42. The van der Waals surface area contributed by atoms with E-state index in [1.807, 2.05) is 19.9 Å². The Labute approximate surface area is 234 Å². The van der Waals surface area contributed by atoms with Crippen LogP contribution in [0.15, 0.2) is 82.8 Å². The van der Waals surface area contributed by atoms with E-state index >= 15 is 0 Å². The first-order valence-electron chi connectivity index (χ1n) is 12.4. The second-order valence-corrected chi connectivity index (χ2v) is 11.9. The number of rotatable bonds is 8. The average molecular weight is 563 g/mol. The number of amides is 1. The molecule has 0 atom stereocenters. The summed E-state index contributed by atoms with van der Waals surface area (Å²) in [5, 5.41) is 4.50. The van der Waals surface area contributed by atoms with E-state index in [2.05, 4.69) is 47.1 Å². The summed E-state index contributed by atoms with van der Waals surface area (Å²) in [5.74, 6) is -0.590. The quantitative estimate of drug-likeness (QED) is 0.210. The fraction of sp³-hybridized carbons (Fsp3) is 0.200. The Balaban J connectivity index is 1.58. The fourth-order valence-electron chi connectivity index (χ4n) is 4.61. The van der Waals surface area contributed by atoms with Gasteiger partial charge in [0.15, 0.2) is 0 Å². The third kappa shape index (κ3) is 6.24. The predicted molar refractivity (Wildman–Crippen MR) is 158 cm³/mol. The molecule has 1 heterocycles. The van der Waals surface area contributed by atoms with Crippen molar-refractivity contribution in [3.63, 3.8) is 0 Å². The van der Waals surface area contributed by atoms with E-state index in [1.54, 1.807) is 43.5 Å². The van der Waals surface area contributed by atoms with Crippen molar-refractivity contribution in [1.82, 2.24) is 9.99 Å². The number of carbonyl (C=O) groups is 1. The highest BCUT2D eigenvalue weighted by atomic mass is 35.5. The molecule has 4 rings (SSSR count). The van der Waals surface area contributed by atoms with E-state index in [9.17, 15) is 13.2 Å². The van der Waals surface area contributed by atoms with Crippen LogP contribution in [0.2, 0.25) is 5.02 Å². The summed E-state index contributed by atoms with van der Waals surface area (Å²) >= 11 is 6.19. The van der Waals surface area contributed by atoms with Gasteiger partial charge in [-0.05, 0) is 93.8 Å². The lowest BCUT2D eigenvalue weighted by molar-refractivity contribution is -0.119. The van der Waals surface area contributed by atoms with E-state index in [-0.39, 0.29) is 4.90 Å². The van der Waals surface area contributed by atoms with Crippen LogP contribution >= 0.6 is 11.6 Å². The van der Waals surface area contributed by atoms with Gasteiger partial charge in [-0.15, -0.1) is 0 Å². The molecule has 7 nitrogen and oxygen atoms in total.